The van der Waals surface area contributed by atoms with Crippen molar-refractivity contribution < 1.29 is 17.7 Å². The zero-order valence-electron chi connectivity index (χ0n) is 12.8. The van der Waals surface area contributed by atoms with E-state index in [1.807, 2.05) is 24.3 Å². The minimum Gasteiger partial charge on any atom is -0.368 e. The number of benzene rings is 1. The lowest BCUT2D eigenvalue weighted by Crippen LogP contribution is -2.51. The predicted molar refractivity (Wildman–Crippen MR) is 81.8 cm³/mol. The number of nitrogens with zero attached hydrogens (tertiary/aromatic N) is 2. The summed E-state index contributed by atoms with van der Waals surface area (Å²) in [5.74, 6) is -0.473. The number of aryl methyl sites for hydroxylation is 2. The first kappa shape index (κ1) is 15.7. The Balaban J connectivity index is 2.12. The van der Waals surface area contributed by atoms with Gasteiger partial charge in [-0.05, 0) is 31.4 Å². The van der Waals surface area contributed by atoms with E-state index in [0.717, 1.165) is 15.4 Å². The van der Waals surface area contributed by atoms with Crippen molar-refractivity contribution in [1.82, 2.24) is 9.46 Å². The molecule has 23 heavy (non-hydrogen) atoms. The van der Waals surface area contributed by atoms with Gasteiger partial charge in [0.1, 0.15) is 16.6 Å². The molecule has 1 aliphatic heterocycles. The first-order chi connectivity index (χ1) is 10.8. The monoisotopic (exact) mass is 335 g/mol. The lowest BCUT2D eigenvalue weighted by atomic mass is 9.96. The van der Waals surface area contributed by atoms with Crippen molar-refractivity contribution in [3.8, 4) is 0 Å². The minimum atomic E-state index is -3.94. The van der Waals surface area contributed by atoms with Crippen LogP contribution in [-0.2, 0) is 27.8 Å². The first-order valence-electron chi connectivity index (χ1n) is 7.13. The Kier molecular flexibility index (Phi) is 3.73. The summed E-state index contributed by atoms with van der Waals surface area (Å²) in [6, 6.07) is 6.50. The molecule has 1 atom stereocenters. The number of rotatable bonds is 3. The predicted octanol–water partition coefficient (Wildman–Crippen LogP) is 0.892. The second kappa shape index (κ2) is 5.47. The van der Waals surface area contributed by atoms with Crippen molar-refractivity contribution in [3.63, 3.8) is 0 Å². The highest BCUT2D eigenvalue weighted by molar-refractivity contribution is 7.89. The van der Waals surface area contributed by atoms with Gasteiger partial charge in [-0.3, -0.25) is 4.79 Å². The van der Waals surface area contributed by atoms with E-state index in [2.05, 4.69) is 5.16 Å². The number of primary amides is 1. The zero-order chi connectivity index (χ0) is 16.8. The number of aromatic nitrogens is 1. The van der Waals surface area contributed by atoms with Crippen LogP contribution >= 0.6 is 0 Å². The van der Waals surface area contributed by atoms with Crippen molar-refractivity contribution in [3.05, 3.63) is 46.8 Å². The molecule has 2 heterocycles. The molecular weight excluding hydrogens is 318 g/mol. The molecule has 0 spiro atoms. The maximum Gasteiger partial charge on any atom is 0.249 e. The fourth-order valence-electron chi connectivity index (χ4n) is 2.95. The van der Waals surface area contributed by atoms with Crippen molar-refractivity contribution in [2.45, 2.75) is 37.8 Å². The second-order valence-corrected chi connectivity index (χ2v) is 7.42. The van der Waals surface area contributed by atoms with Crippen LogP contribution < -0.4 is 5.73 Å². The summed E-state index contributed by atoms with van der Waals surface area (Å²) in [5.41, 5.74) is 7.52. The summed E-state index contributed by atoms with van der Waals surface area (Å²) in [7, 11) is -3.94. The molecule has 7 nitrogen and oxygen atoms in total. The first-order valence-corrected chi connectivity index (χ1v) is 8.57. The molecule has 0 saturated carbocycles. The molecule has 1 aromatic heterocycles. The molecule has 1 aromatic carbocycles. The summed E-state index contributed by atoms with van der Waals surface area (Å²) >= 11 is 0. The number of hydrogen-bond donors (Lipinski definition) is 1. The van der Waals surface area contributed by atoms with Crippen molar-refractivity contribution in [2.24, 2.45) is 5.73 Å². The third-order valence-electron chi connectivity index (χ3n) is 4.07. The van der Waals surface area contributed by atoms with E-state index in [0.29, 0.717) is 0 Å². The van der Waals surface area contributed by atoms with Crippen LogP contribution in [0.4, 0.5) is 0 Å². The van der Waals surface area contributed by atoms with Crippen molar-refractivity contribution >= 4 is 15.9 Å². The second-order valence-electron chi connectivity index (χ2n) is 5.59. The number of sulfonamides is 1. The summed E-state index contributed by atoms with van der Waals surface area (Å²) in [6.45, 7) is 3.18. The van der Waals surface area contributed by atoms with Crippen molar-refractivity contribution in [1.29, 1.82) is 0 Å². The Hall–Kier alpha value is -2.19. The summed E-state index contributed by atoms with van der Waals surface area (Å²) in [4.78, 5) is 11.8. The SMILES string of the molecule is Cc1noc(C)c1S(=O)(=O)N1Cc2ccccc2C[C@@H]1C(N)=O. The van der Waals surface area contributed by atoms with Crippen LogP contribution in [0.1, 0.15) is 22.6 Å². The summed E-state index contributed by atoms with van der Waals surface area (Å²) in [5, 5.41) is 3.69. The van der Waals surface area contributed by atoms with Crippen LogP contribution in [0.3, 0.4) is 0 Å². The van der Waals surface area contributed by atoms with Gasteiger partial charge in [-0.1, -0.05) is 29.4 Å². The molecule has 0 unspecified atom stereocenters. The standard InChI is InChI=1S/C15H17N3O4S/c1-9-14(10(2)22-17-9)23(20,21)18-8-12-6-4-3-5-11(12)7-13(18)15(16)19/h3-6,13H,7-8H2,1-2H3,(H2,16,19)/t13-/m1/s1. The average Bonchev–Trinajstić information content (AvgIpc) is 2.85. The largest absolute Gasteiger partial charge is 0.368 e. The van der Waals surface area contributed by atoms with Gasteiger partial charge in [-0.15, -0.1) is 0 Å². The lowest BCUT2D eigenvalue weighted by molar-refractivity contribution is -0.122. The van der Waals surface area contributed by atoms with Crippen LogP contribution in [0.5, 0.6) is 0 Å². The molecule has 0 fully saturated rings. The van der Waals surface area contributed by atoms with Crippen LogP contribution in [0.2, 0.25) is 0 Å². The molecule has 122 valence electrons. The zero-order valence-corrected chi connectivity index (χ0v) is 13.6. The van der Waals surface area contributed by atoms with Crippen LogP contribution in [-0.4, -0.2) is 29.8 Å². The van der Waals surface area contributed by atoms with Gasteiger partial charge in [0.2, 0.25) is 15.9 Å². The Bertz CT molecular complexity index is 853. The number of fused-ring (bicyclic) bond motifs is 1. The highest BCUT2D eigenvalue weighted by Crippen LogP contribution is 2.31. The Morgan fingerprint density at radius 3 is 2.52 bits per heavy atom. The van der Waals surface area contributed by atoms with Gasteiger partial charge in [-0.2, -0.15) is 4.31 Å². The number of nitrogens with two attached hydrogens (primary N) is 1. The number of carbonyl (C=O) groups excluding carboxylic acids is 1. The summed E-state index contributed by atoms with van der Waals surface area (Å²) < 4.78 is 32.2. The van der Waals surface area contributed by atoms with Gasteiger partial charge in [0.05, 0.1) is 0 Å². The van der Waals surface area contributed by atoms with Crippen molar-refractivity contribution in [2.75, 3.05) is 0 Å². The molecule has 1 amide bonds. The Morgan fingerprint density at radius 1 is 1.30 bits per heavy atom. The molecule has 1 aliphatic rings. The van der Waals surface area contributed by atoms with Gasteiger partial charge in [-0.25, -0.2) is 8.42 Å². The highest BCUT2D eigenvalue weighted by atomic mass is 32.2. The molecule has 0 aliphatic carbocycles. The van der Waals surface area contributed by atoms with E-state index in [1.54, 1.807) is 6.92 Å². The maximum atomic E-state index is 13.0. The highest BCUT2D eigenvalue weighted by Gasteiger charge is 2.41. The van der Waals surface area contributed by atoms with E-state index < -0.39 is 22.0 Å². The van der Waals surface area contributed by atoms with E-state index >= 15 is 0 Å². The quantitative estimate of drug-likeness (QED) is 0.896. The number of carbonyl (C=O) groups is 1. The van der Waals surface area contributed by atoms with Crippen LogP contribution in [0, 0.1) is 13.8 Å². The lowest BCUT2D eigenvalue weighted by Gasteiger charge is -2.33. The number of amides is 1. The van der Waals surface area contributed by atoms with Gasteiger partial charge in [0.15, 0.2) is 5.76 Å². The van der Waals surface area contributed by atoms with Gasteiger partial charge in [0, 0.05) is 6.54 Å². The summed E-state index contributed by atoms with van der Waals surface area (Å²) in [6.07, 6.45) is 0.258. The van der Waals surface area contributed by atoms with E-state index in [-0.39, 0.29) is 29.3 Å². The molecule has 0 saturated heterocycles. The fourth-order valence-corrected chi connectivity index (χ4v) is 4.82. The Morgan fingerprint density at radius 2 is 1.96 bits per heavy atom. The number of hydrogen-bond acceptors (Lipinski definition) is 5. The van der Waals surface area contributed by atoms with E-state index in [9.17, 15) is 13.2 Å². The van der Waals surface area contributed by atoms with E-state index in [1.165, 1.54) is 6.92 Å². The fraction of sp³-hybridized carbons (Fsp3) is 0.333. The Labute approximate surface area is 134 Å². The maximum absolute atomic E-state index is 13.0. The molecule has 0 radical (unpaired) electrons. The third kappa shape index (κ3) is 2.53. The van der Waals surface area contributed by atoms with Crippen LogP contribution in [0.25, 0.3) is 0 Å². The van der Waals surface area contributed by atoms with Gasteiger partial charge < -0.3 is 10.3 Å². The van der Waals surface area contributed by atoms with E-state index in [4.69, 9.17) is 10.3 Å². The molecule has 2 N–H and O–H groups in total. The topological polar surface area (TPSA) is 106 Å². The van der Waals surface area contributed by atoms with Crippen LogP contribution in [0.15, 0.2) is 33.7 Å². The molecule has 3 rings (SSSR count). The smallest absolute Gasteiger partial charge is 0.249 e. The minimum absolute atomic E-state index is 0.00290. The molecule has 8 heteroatoms. The third-order valence-corrected chi connectivity index (χ3v) is 6.17. The van der Waals surface area contributed by atoms with Gasteiger partial charge in [0.25, 0.3) is 0 Å². The average molecular weight is 335 g/mol. The normalized spacial score (nSPS) is 18.6. The molecule has 0 bridgehead atoms. The van der Waals surface area contributed by atoms with Gasteiger partial charge >= 0.3 is 0 Å². The molecule has 2 aromatic rings. The molecular formula is C15H17N3O4S.